The lowest BCUT2D eigenvalue weighted by atomic mass is 9.89. The zero-order valence-electron chi connectivity index (χ0n) is 13.2. The molecular weight excluding hydrogens is 282 g/mol. The van der Waals surface area contributed by atoms with Crippen LogP contribution < -0.4 is 10.2 Å². The quantitative estimate of drug-likeness (QED) is 0.901. The molecule has 0 spiro atoms. The first kappa shape index (κ1) is 15.7. The summed E-state index contributed by atoms with van der Waals surface area (Å²) in [5.74, 6) is 0.109. The summed E-state index contributed by atoms with van der Waals surface area (Å²) < 4.78 is 27.3. The van der Waals surface area contributed by atoms with E-state index in [1.807, 2.05) is 4.90 Å². The van der Waals surface area contributed by atoms with Gasteiger partial charge in [0.1, 0.15) is 11.6 Å². The van der Waals surface area contributed by atoms with Gasteiger partial charge in [0.05, 0.1) is 5.69 Å². The smallest absolute Gasteiger partial charge is 0.146 e. The predicted octanol–water partition coefficient (Wildman–Crippen LogP) is 4.10. The zero-order chi connectivity index (χ0) is 15.4. The number of anilines is 1. The van der Waals surface area contributed by atoms with Crippen molar-refractivity contribution in [3.63, 3.8) is 0 Å². The Bertz CT molecular complexity index is 486. The SMILES string of the molecule is Fc1ccc(F)c(N2CCCC(NCC3CCCCC3)C2)c1. The summed E-state index contributed by atoms with van der Waals surface area (Å²) in [6.07, 6.45) is 8.92. The molecule has 1 saturated heterocycles. The summed E-state index contributed by atoms with van der Waals surface area (Å²) in [6.45, 7) is 2.65. The van der Waals surface area contributed by atoms with Crippen LogP contribution in [-0.4, -0.2) is 25.7 Å². The van der Waals surface area contributed by atoms with Gasteiger partial charge >= 0.3 is 0 Å². The molecule has 2 fully saturated rings. The largest absolute Gasteiger partial charge is 0.368 e. The van der Waals surface area contributed by atoms with Crippen molar-refractivity contribution in [3.8, 4) is 0 Å². The van der Waals surface area contributed by atoms with E-state index in [0.29, 0.717) is 11.7 Å². The van der Waals surface area contributed by atoms with Crippen molar-refractivity contribution in [2.75, 3.05) is 24.5 Å². The molecule has 1 aliphatic heterocycles. The molecule has 0 amide bonds. The number of nitrogens with one attached hydrogen (secondary N) is 1. The van der Waals surface area contributed by atoms with Crippen molar-refractivity contribution in [2.24, 2.45) is 5.92 Å². The van der Waals surface area contributed by atoms with Gasteiger partial charge in [-0.1, -0.05) is 19.3 Å². The zero-order valence-corrected chi connectivity index (χ0v) is 13.2. The summed E-state index contributed by atoms with van der Waals surface area (Å²) in [5, 5.41) is 3.67. The van der Waals surface area contributed by atoms with Gasteiger partial charge in [0.25, 0.3) is 0 Å². The number of hydrogen-bond acceptors (Lipinski definition) is 2. The van der Waals surface area contributed by atoms with E-state index in [1.165, 1.54) is 50.3 Å². The number of hydrogen-bond donors (Lipinski definition) is 1. The maximum Gasteiger partial charge on any atom is 0.146 e. The Hall–Kier alpha value is -1.16. The van der Waals surface area contributed by atoms with Gasteiger partial charge in [0.15, 0.2) is 0 Å². The Balaban J connectivity index is 1.55. The van der Waals surface area contributed by atoms with Crippen LogP contribution >= 0.6 is 0 Å². The number of halogens is 2. The molecular formula is C18H26F2N2. The van der Waals surface area contributed by atoms with Crippen LogP contribution in [0.15, 0.2) is 18.2 Å². The van der Waals surface area contributed by atoms with Gasteiger partial charge in [-0.15, -0.1) is 0 Å². The highest BCUT2D eigenvalue weighted by molar-refractivity contribution is 5.48. The molecule has 4 heteroatoms. The van der Waals surface area contributed by atoms with Crippen molar-refractivity contribution < 1.29 is 8.78 Å². The Morgan fingerprint density at radius 2 is 1.86 bits per heavy atom. The minimum Gasteiger partial charge on any atom is -0.368 e. The Labute approximate surface area is 131 Å². The monoisotopic (exact) mass is 308 g/mol. The van der Waals surface area contributed by atoms with Crippen LogP contribution in [0.25, 0.3) is 0 Å². The fraction of sp³-hybridized carbons (Fsp3) is 0.667. The molecule has 122 valence electrons. The third-order valence-electron chi connectivity index (χ3n) is 5.09. The fourth-order valence-corrected chi connectivity index (χ4v) is 3.82. The van der Waals surface area contributed by atoms with Gasteiger partial charge in [-0.3, -0.25) is 0 Å². The third kappa shape index (κ3) is 3.97. The third-order valence-corrected chi connectivity index (χ3v) is 5.09. The van der Waals surface area contributed by atoms with Crippen LogP contribution in [0.3, 0.4) is 0 Å². The highest BCUT2D eigenvalue weighted by atomic mass is 19.1. The van der Waals surface area contributed by atoms with Crippen molar-refractivity contribution >= 4 is 5.69 Å². The highest BCUT2D eigenvalue weighted by Crippen LogP contribution is 2.26. The second-order valence-corrected chi connectivity index (χ2v) is 6.79. The summed E-state index contributed by atoms with van der Waals surface area (Å²) in [6, 6.07) is 4.11. The lowest BCUT2D eigenvalue weighted by molar-refractivity contribution is 0.314. The van der Waals surface area contributed by atoms with E-state index >= 15 is 0 Å². The second kappa shape index (κ2) is 7.40. The summed E-state index contributed by atoms with van der Waals surface area (Å²) >= 11 is 0. The predicted molar refractivity (Wildman–Crippen MR) is 86.2 cm³/mol. The Morgan fingerprint density at radius 3 is 2.68 bits per heavy atom. The van der Waals surface area contributed by atoms with Crippen LogP contribution in [0, 0.1) is 17.6 Å². The van der Waals surface area contributed by atoms with Gasteiger partial charge in [-0.25, -0.2) is 8.78 Å². The van der Waals surface area contributed by atoms with E-state index in [-0.39, 0.29) is 11.6 Å². The van der Waals surface area contributed by atoms with Gasteiger partial charge in [-0.05, 0) is 50.3 Å². The lowest BCUT2D eigenvalue weighted by Crippen LogP contribution is -2.47. The molecule has 0 aromatic heterocycles. The van der Waals surface area contributed by atoms with Crippen LogP contribution in [0.1, 0.15) is 44.9 Å². The minimum absolute atomic E-state index is 0.325. The van der Waals surface area contributed by atoms with Crippen molar-refractivity contribution in [1.82, 2.24) is 5.32 Å². The van der Waals surface area contributed by atoms with Gasteiger partial charge < -0.3 is 10.2 Å². The fourth-order valence-electron chi connectivity index (χ4n) is 3.82. The molecule has 0 radical (unpaired) electrons. The van der Waals surface area contributed by atoms with Gasteiger partial charge in [0.2, 0.25) is 0 Å². The number of piperidine rings is 1. The normalized spacial score (nSPS) is 23.7. The summed E-state index contributed by atoms with van der Waals surface area (Å²) in [4.78, 5) is 1.99. The van der Waals surface area contributed by atoms with E-state index < -0.39 is 0 Å². The second-order valence-electron chi connectivity index (χ2n) is 6.79. The number of nitrogens with zero attached hydrogens (tertiary/aromatic N) is 1. The molecule has 1 saturated carbocycles. The van der Waals surface area contributed by atoms with Crippen LogP contribution in [0.2, 0.25) is 0 Å². The van der Waals surface area contributed by atoms with Crippen molar-refractivity contribution in [2.45, 2.75) is 51.0 Å². The van der Waals surface area contributed by atoms with Crippen LogP contribution in [0.5, 0.6) is 0 Å². The van der Waals surface area contributed by atoms with E-state index in [1.54, 1.807) is 0 Å². The average molecular weight is 308 g/mol. The molecule has 1 N–H and O–H groups in total. The maximum absolute atomic E-state index is 13.9. The summed E-state index contributed by atoms with van der Waals surface area (Å²) in [5.41, 5.74) is 0.407. The van der Waals surface area contributed by atoms with Gasteiger partial charge in [0, 0.05) is 25.2 Å². The molecule has 3 rings (SSSR count). The summed E-state index contributed by atoms with van der Waals surface area (Å²) in [7, 11) is 0. The molecule has 1 heterocycles. The number of benzene rings is 1. The topological polar surface area (TPSA) is 15.3 Å². The van der Waals surface area contributed by atoms with E-state index in [2.05, 4.69) is 5.32 Å². The highest BCUT2D eigenvalue weighted by Gasteiger charge is 2.23. The van der Waals surface area contributed by atoms with Crippen LogP contribution in [0.4, 0.5) is 14.5 Å². The minimum atomic E-state index is -0.367. The first-order valence-corrected chi connectivity index (χ1v) is 8.66. The maximum atomic E-state index is 13.9. The standard InChI is InChI=1S/C18H26F2N2/c19-15-8-9-17(20)18(11-15)22-10-4-7-16(13-22)21-12-14-5-2-1-3-6-14/h8-9,11,14,16,21H,1-7,10,12-13H2. The van der Waals surface area contributed by atoms with Crippen molar-refractivity contribution in [1.29, 1.82) is 0 Å². The lowest BCUT2D eigenvalue weighted by Gasteiger charge is -2.36. The first-order valence-electron chi connectivity index (χ1n) is 8.66. The molecule has 1 atom stereocenters. The molecule has 1 aromatic rings. The molecule has 2 nitrogen and oxygen atoms in total. The molecule has 2 aliphatic rings. The number of rotatable bonds is 4. The van der Waals surface area contributed by atoms with E-state index in [0.717, 1.165) is 38.4 Å². The van der Waals surface area contributed by atoms with Crippen LogP contribution in [-0.2, 0) is 0 Å². The van der Waals surface area contributed by atoms with E-state index in [9.17, 15) is 8.78 Å². The molecule has 1 unspecified atom stereocenters. The molecule has 0 bridgehead atoms. The first-order chi connectivity index (χ1) is 10.7. The Morgan fingerprint density at radius 1 is 1.05 bits per heavy atom. The molecule has 1 aliphatic carbocycles. The Kier molecular flexibility index (Phi) is 5.29. The average Bonchev–Trinajstić information content (AvgIpc) is 2.56. The van der Waals surface area contributed by atoms with Gasteiger partial charge in [-0.2, -0.15) is 0 Å². The molecule has 22 heavy (non-hydrogen) atoms. The molecule has 1 aromatic carbocycles. The van der Waals surface area contributed by atoms with E-state index in [4.69, 9.17) is 0 Å². The van der Waals surface area contributed by atoms with Crippen molar-refractivity contribution in [3.05, 3.63) is 29.8 Å².